The van der Waals surface area contributed by atoms with Gasteiger partial charge in [0, 0.05) is 22.9 Å². The molecular weight excluding hydrogens is 344 g/mol. The summed E-state index contributed by atoms with van der Waals surface area (Å²) in [7, 11) is 0. The number of Topliss-reactive ketones (excluding diaryl/α,β-unsaturated/α-hetero) is 1. The summed E-state index contributed by atoms with van der Waals surface area (Å²) < 4.78 is 10.2. The Morgan fingerprint density at radius 3 is 2.60 bits per heavy atom. The number of hydrogen-bond donors (Lipinski definition) is 0. The minimum atomic E-state index is -1.77. The molecule has 6 heteroatoms. The summed E-state index contributed by atoms with van der Waals surface area (Å²) in [6, 6.07) is 4.74. The second-order valence-electron chi connectivity index (χ2n) is 6.69. The highest BCUT2D eigenvalue weighted by atomic mass is 35.5. The van der Waals surface area contributed by atoms with E-state index < -0.39 is 28.7 Å². The third-order valence-corrected chi connectivity index (χ3v) is 3.79. The number of rotatable bonds is 2. The lowest BCUT2D eigenvalue weighted by atomic mass is 9.84. The summed E-state index contributed by atoms with van der Waals surface area (Å²) in [6.07, 6.45) is 0.00302. The van der Waals surface area contributed by atoms with E-state index in [2.05, 4.69) is 11.8 Å². The molecule has 0 saturated carbocycles. The number of halogens is 1. The number of carbonyl (C=O) groups excluding carboxylic acids is 3. The number of benzene rings is 1. The Hall–Kier alpha value is -2.32. The van der Waals surface area contributed by atoms with Gasteiger partial charge in [0.25, 0.3) is 0 Å². The van der Waals surface area contributed by atoms with Crippen molar-refractivity contribution in [3.63, 3.8) is 0 Å². The first kappa shape index (κ1) is 19.0. The van der Waals surface area contributed by atoms with Crippen LogP contribution in [0.25, 0.3) is 0 Å². The molecule has 0 fully saturated rings. The molecule has 1 aromatic carbocycles. The number of hydrogen-bond acceptors (Lipinski definition) is 5. The van der Waals surface area contributed by atoms with Crippen LogP contribution in [0.3, 0.4) is 0 Å². The van der Waals surface area contributed by atoms with Gasteiger partial charge in [-0.1, -0.05) is 17.5 Å². The van der Waals surface area contributed by atoms with Crippen LogP contribution >= 0.6 is 11.6 Å². The summed E-state index contributed by atoms with van der Waals surface area (Å²) >= 11 is 5.98. The molecule has 1 atom stereocenters. The number of esters is 2. The Balaban J connectivity index is 2.50. The molecule has 0 radical (unpaired) electrons. The molecule has 1 aliphatic rings. The van der Waals surface area contributed by atoms with Crippen LogP contribution in [0.2, 0.25) is 5.02 Å². The molecule has 1 aromatic rings. The molecular formula is C19H19ClO5. The summed E-state index contributed by atoms with van der Waals surface area (Å²) in [6.45, 7) is 6.88. The lowest BCUT2D eigenvalue weighted by Gasteiger charge is -2.26. The molecule has 132 valence electrons. The summed E-state index contributed by atoms with van der Waals surface area (Å²) in [5.74, 6) is 2.70. The fraction of sp³-hybridized carbons (Fsp3) is 0.421. The highest BCUT2D eigenvalue weighted by Crippen LogP contribution is 2.39. The monoisotopic (exact) mass is 362 g/mol. The van der Waals surface area contributed by atoms with Gasteiger partial charge in [-0.25, -0.2) is 9.59 Å². The zero-order valence-electron chi connectivity index (χ0n) is 14.6. The fourth-order valence-electron chi connectivity index (χ4n) is 2.53. The average molecular weight is 363 g/mol. The van der Waals surface area contributed by atoms with Gasteiger partial charge in [-0.05, 0) is 51.5 Å². The van der Waals surface area contributed by atoms with E-state index in [0.29, 0.717) is 16.1 Å². The lowest BCUT2D eigenvalue weighted by molar-refractivity contribution is -0.161. The van der Waals surface area contributed by atoms with Crippen molar-refractivity contribution in [3.8, 4) is 11.8 Å². The van der Waals surface area contributed by atoms with E-state index >= 15 is 0 Å². The molecule has 0 aliphatic heterocycles. The predicted octanol–water partition coefficient (Wildman–Crippen LogP) is 2.97. The van der Waals surface area contributed by atoms with Gasteiger partial charge in [0.15, 0.2) is 11.2 Å². The Morgan fingerprint density at radius 2 is 2.00 bits per heavy atom. The average Bonchev–Trinajstić information content (AvgIpc) is 2.77. The first-order chi connectivity index (χ1) is 11.6. The largest absolute Gasteiger partial charge is 0.458 e. The van der Waals surface area contributed by atoms with E-state index in [0.717, 1.165) is 0 Å². The standard InChI is InChI=1S/C19H19ClO5/c1-5-24-15(21)8-9-19(17(23)25-18(2,3)4)11-12-10-13(20)6-7-14(12)16(19)22/h6-7,10H,5,11H2,1-4H3. The van der Waals surface area contributed by atoms with E-state index in [1.807, 2.05) is 0 Å². The van der Waals surface area contributed by atoms with Crippen molar-refractivity contribution in [2.45, 2.75) is 39.7 Å². The minimum Gasteiger partial charge on any atom is -0.458 e. The normalized spacial score (nSPS) is 18.8. The van der Waals surface area contributed by atoms with Crippen molar-refractivity contribution in [2.75, 3.05) is 6.61 Å². The maximum atomic E-state index is 12.9. The van der Waals surface area contributed by atoms with E-state index in [-0.39, 0.29) is 13.0 Å². The van der Waals surface area contributed by atoms with Crippen LogP contribution in [0, 0.1) is 17.3 Å². The van der Waals surface area contributed by atoms with E-state index in [1.54, 1.807) is 45.9 Å². The molecule has 2 rings (SSSR count). The highest BCUT2D eigenvalue weighted by Gasteiger charge is 2.53. The van der Waals surface area contributed by atoms with E-state index in [1.165, 1.54) is 0 Å². The number of ketones is 1. The Bertz CT molecular complexity index is 794. The minimum absolute atomic E-state index is 0.00302. The van der Waals surface area contributed by atoms with Crippen LogP contribution in [-0.4, -0.2) is 29.9 Å². The summed E-state index contributed by atoms with van der Waals surface area (Å²) in [4.78, 5) is 37.3. The number of carbonyl (C=O) groups is 3. The van der Waals surface area contributed by atoms with Crippen LogP contribution in [0.15, 0.2) is 18.2 Å². The van der Waals surface area contributed by atoms with Gasteiger partial charge in [-0.3, -0.25) is 4.79 Å². The van der Waals surface area contributed by atoms with Gasteiger partial charge in [-0.2, -0.15) is 0 Å². The molecule has 0 N–H and O–H groups in total. The van der Waals surface area contributed by atoms with Gasteiger partial charge in [-0.15, -0.1) is 0 Å². The maximum Gasteiger partial charge on any atom is 0.384 e. The second-order valence-corrected chi connectivity index (χ2v) is 7.12. The van der Waals surface area contributed by atoms with Crippen LogP contribution in [0.5, 0.6) is 0 Å². The third kappa shape index (κ3) is 4.02. The number of fused-ring (bicyclic) bond motifs is 1. The third-order valence-electron chi connectivity index (χ3n) is 3.56. The van der Waals surface area contributed by atoms with Crippen molar-refractivity contribution in [1.82, 2.24) is 0 Å². The Morgan fingerprint density at radius 1 is 1.32 bits per heavy atom. The molecule has 1 aliphatic carbocycles. The second kappa shape index (κ2) is 6.89. The SMILES string of the molecule is CCOC(=O)C#CC1(C(=O)OC(C)(C)C)Cc2cc(Cl)ccc2C1=O. The number of ether oxygens (including phenoxy) is 2. The van der Waals surface area contributed by atoms with Gasteiger partial charge in [0.2, 0.25) is 0 Å². The van der Waals surface area contributed by atoms with Gasteiger partial charge >= 0.3 is 11.9 Å². The molecule has 0 saturated heterocycles. The van der Waals surface area contributed by atoms with Crippen molar-refractivity contribution in [2.24, 2.45) is 5.41 Å². The van der Waals surface area contributed by atoms with Crippen molar-refractivity contribution >= 4 is 29.3 Å². The zero-order chi connectivity index (χ0) is 18.8. The molecule has 25 heavy (non-hydrogen) atoms. The lowest BCUT2D eigenvalue weighted by Crippen LogP contribution is -2.41. The van der Waals surface area contributed by atoms with Crippen molar-refractivity contribution in [1.29, 1.82) is 0 Å². The van der Waals surface area contributed by atoms with E-state index in [4.69, 9.17) is 21.1 Å². The predicted molar refractivity (Wildman–Crippen MR) is 92.2 cm³/mol. The van der Waals surface area contributed by atoms with Crippen molar-refractivity contribution < 1.29 is 23.9 Å². The van der Waals surface area contributed by atoms with Crippen LogP contribution in [0.4, 0.5) is 0 Å². The van der Waals surface area contributed by atoms with Gasteiger partial charge in [0.05, 0.1) is 6.61 Å². The summed E-state index contributed by atoms with van der Waals surface area (Å²) in [5.41, 5.74) is -1.62. The molecule has 0 bridgehead atoms. The zero-order valence-corrected chi connectivity index (χ0v) is 15.3. The fourth-order valence-corrected chi connectivity index (χ4v) is 2.73. The Labute approximate surface area is 151 Å². The molecule has 0 aromatic heterocycles. The molecule has 0 heterocycles. The first-order valence-electron chi connectivity index (χ1n) is 7.85. The van der Waals surface area contributed by atoms with Crippen LogP contribution < -0.4 is 0 Å². The van der Waals surface area contributed by atoms with Gasteiger partial charge < -0.3 is 9.47 Å². The highest BCUT2D eigenvalue weighted by molar-refractivity contribution is 6.31. The molecule has 5 nitrogen and oxygen atoms in total. The van der Waals surface area contributed by atoms with Gasteiger partial charge in [0.1, 0.15) is 5.60 Å². The van der Waals surface area contributed by atoms with Crippen LogP contribution in [0.1, 0.15) is 43.6 Å². The smallest absolute Gasteiger partial charge is 0.384 e. The quantitative estimate of drug-likeness (QED) is 0.350. The van der Waals surface area contributed by atoms with Crippen LogP contribution in [-0.2, 0) is 25.5 Å². The molecule has 0 spiro atoms. The topological polar surface area (TPSA) is 69.7 Å². The first-order valence-corrected chi connectivity index (χ1v) is 8.23. The summed E-state index contributed by atoms with van der Waals surface area (Å²) in [5, 5.41) is 0.449. The Kier molecular flexibility index (Phi) is 5.24. The molecule has 0 amide bonds. The van der Waals surface area contributed by atoms with Crippen molar-refractivity contribution in [3.05, 3.63) is 34.3 Å². The maximum absolute atomic E-state index is 12.9. The molecule has 1 unspecified atom stereocenters. The van der Waals surface area contributed by atoms with E-state index in [9.17, 15) is 14.4 Å².